The molecule has 104 valence electrons. The quantitative estimate of drug-likeness (QED) is 0.909. The number of likely N-dealkylation sites (tertiary alicyclic amines) is 1. The summed E-state index contributed by atoms with van der Waals surface area (Å²) in [5.74, 6) is 1.39. The maximum atomic E-state index is 11.0. The van der Waals surface area contributed by atoms with E-state index in [0.29, 0.717) is 31.2 Å². The van der Waals surface area contributed by atoms with Gasteiger partial charge in [0.15, 0.2) is 11.5 Å². The van der Waals surface area contributed by atoms with E-state index in [9.17, 15) is 4.79 Å². The number of rotatable bonds is 4. The van der Waals surface area contributed by atoms with Crippen LogP contribution in [0.5, 0.6) is 11.5 Å². The highest BCUT2D eigenvalue weighted by Crippen LogP contribution is 2.29. The summed E-state index contributed by atoms with van der Waals surface area (Å²) >= 11 is 0. The Hall–Kier alpha value is -1.91. The molecule has 1 saturated heterocycles. The van der Waals surface area contributed by atoms with Crippen LogP contribution in [0, 0.1) is 0 Å². The monoisotopic (exact) mass is 265 g/mol. The van der Waals surface area contributed by atoms with E-state index in [1.54, 1.807) is 0 Å². The Balaban J connectivity index is 2.02. The second-order valence-electron chi connectivity index (χ2n) is 4.49. The zero-order valence-electron chi connectivity index (χ0n) is 11.0. The molecule has 1 N–H and O–H groups in total. The molecule has 19 heavy (non-hydrogen) atoms. The molecule has 1 unspecified atom stereocenters. The summed E-state index contributed by atoms with van der Waals surface area (Å²) in [6.45, 7) is 3.49. The first-order valence-electron chi connectivity index (χ1n) is 6.57. The van der Waals surface area contributed by atoms with Crippen LogP contribution in [0.3, 0.4) is 0 Å². The molecule has 1 heterocycles. The molecule has 0 bridgehead atoms. The smallest absolute Gasteiger partial charge is 0.407 e. The lowest BCUT2D eigenvalue weighted by atomic mass is 10.1. The largest absolute Gasteiger partial charge is 0.490 e. The Morgan fingerprint density at radius 2 is 2.16 bits per heavy atom. The van der Waals surface area contributed by atoms with Crippen LogP contribution in [0.1, 0.15) is 19.8 Å². The van der Waals surface area contributed by atoms with Gasteiger partial charge in [-0.25, -0.2) is 4.79 Å². The predicted octanol–water partition coefficient (Wildman–Crippen LogP) is 2.61. The summed E-state index contributed by atoms with van der Waals surface area (Å²) in [4.78, 5) is 12.4. The third kappa shape index (κ3) is 3.53. The van der Waals surface area contributed by atoms with Crippen LogP contribution < -0.4 is 9.47 Å². The van der Waals surface area contributed by atoms with Crippen molar-refractivity contribution >= 4 is 6.09 Å². The van der Waals surface area contributed by atoms with Gasteiger partial charge in [-0.2, -0.15) is 0 Å². The normalized spacial score (nSPS) is 19.0. The molecule has 5 heteroatoms. The molecule has 1 fully saturated rings. The predicted molar refractivity (Wildman–Crippen MR) is 70.9 cm³/mol. The number of nitrogens with zero attached hydrogens (tertiary/aromatic N) is 1. The maximum Gasteiger partial charge on any atom is 0.407 e. The van der Waals surface area contributed by atoms with E-state index >= 15 is 0 Å². The van der Waals surface area contributed by atoms with E-state index in [-0.39, 0.29) is 6.10 Å². The first-order chi connectivity index (χ1) is 9.20. The SMILES string of the molecule is CCOc1ccccc1OC1CCCN(C(=O)O)C1. The Morgan fingerprint density at radius 3 is 2.84 bits per heavy atom. The van der Waals surface area contributed by atoms with E-state index in [0.717, 1.165) is 12.8 Å². The van der Waals surface area contributed by atoms with Crippen LogP contribution in [-0.2, 0) is 0 Å². The van der Waals surface area contributed by atoms with Crippen molar-refractivity contribution in [2.75, 3.05) is 19.7 Å². The highest BCUT2D eigenvalue weighted by atomic mass is 16.5. The molecule has 0 radical (unpaired) electrons. The van der Waals surface area contributed by atoms with Gasteiger partial charge in [0.25, 0.3) is 0 Å². The van der Waals surface area contributed by atoms with Crippen LogP contribution in [0.15, 0.2) is 24.3 Å². The van der Waals surface area contributed by atoms with Gasteiger partial charge < -0.3 is 19.5 Å². The summed E-state index contributed by atoms with van der Waals surface area (Å²) in [6, 6.07) is 7.49. The molecule has 1 aromatic rings. The van der Waals surface area contributed by atoms with Gasteiger partial charge in [-0.05, 0) is 31.9 Å². The van der Waals surface area contributed by atoms with Crippen molar-refractivity contribution in [2.24, 2.45) is 0 Å². The van der Waals surface area contributed by atoms with Gasteiger partial charge in [-0.1, -0.05) is 12.1 Å². The standard InChI is InChI=1S/C14H19NO4/c1-2-18-12-7-3-4-8-13(12)19-11-6-5-9-15(10-11)14(16)17/h3-4,7-8,11H,2,5-6,9-10H2,1H3,(H,16,17). The van der Waals surface area contributed by atoms with Gasteiger partial charge >= 0.3 is 6.09 Å². The lowest BCUT2D eigenvalue weighted by molar-refractivity contribution is 0.0773. The van der Waals surface area contributed by atoms with Crippen molar-refractivity contribution < 1.29 is 19.4 Å². The minimum absolute atomic E-state index is 0.105. The first-order valence-corrected chi connectivity index (χ1v) is 6.57. The number of carboxylic acid groups (broad SMARTS) is 1. The number of amides is 1. The zero-order valence-corrected chi connectivity index (χ0v) is 11.0. The molecular formula is C14H19NO4. The molecular weight excluding hydrogens is 246 g/mol. The van der Waals surface area contributed by atoms with Gasteiger partial charge in [0, 0.05) is 6.54 Å². The van der Waals surface area contributed by atoms with Crippen molar-refractivity contribution in [3.8, 4) is 11.5 Å². The third-order valence-electron chi connectivity index (χ3n) is 3.09. The van der Waals surface area contributed by atoms with E-state index in [4.69, 9.17) is 14.6 Å². The average molecular weight is 265 g/mol. The van der Waals surface area contributed by atoms with Crippen LogP contribution in [0.4, 0.5) is 4.79 Å². The number of benzene rings is 1. The van der Waals surface area contributed by atoms with Gasteiger partial charge in [-0.3, -0.25) is 0 Å². The Labute approximate surface area is 112 Å². The summed E-state index contributed by atoms with van der Waals surface area (Å²) in [6.07, 6.45) is 0.704. The lowest BCUT2D eigenvalue weighted by Gasteiger charge is -2.31. The van der Waals surface area contributed by atoms with Gasteiger partial charge in [-0.15, -0.1) is 0 Å². The Morgan fingerprint density at radius 1 is 1.42 bits per heavy atom. The summed E-state index contributed by atoms with van der Waals surface area (Å²) < 4.78 is 11.4. The number of hydrogen-bond acceptors (Lipinski definition) is 3. The lowest BCUT2D eigenvalue weighted by Crippen LogP contribution is -2.43. The van der Waals surface area contributed by atoms with Gasteiger partial charge in [0.2, 0.25) is 0 Å². The molecule has 0 aromatic heterocycles. The highest BCUT2D eigenvalue weighted by Gasteiger charge is 2.25. The molecule has 1 aromatic carbocycles. The van der Waals surface area contributed by atoms with E-state index in [1.165, 1.54) is 4.90 Å². The zero-order chi connectivity index (χ0) is 13.7. The molecule has 1 amide bonds. The number of carbonyl (C=O) groups is 1. The van der Waals surface area contributed by atoms with E-state index in [2.05, 4.69) is 0 Å². The number of para-hydroxylation sites is 2. The van der Waals surface area contributed by atoms with Gasteiger partial charge in [0.05, 0.1) is 13.2 Å². The molecule has 2 rings (SSSR count). The number of piperidine rings is 1. The van der Waals surface area contributed by atoms with Crippen molar-refractivity contribution in [3.05, 3.63) is 24.3 Å². The maximum absolute atomic E-state index is 11.0. The molecule has 1 atom stereocenters. The fourth-order valence-corrected chi connectivity index (χ4v) is 2.21. The first kappa shape index (κ1) is 13.5. The highest BCUT2D eigenvalue weighted by molar-refractivity contribution is 5.65. The second kappa shape index (κ2) is 6.31. The van der Waals surface area contributed by atoms with Gasteiger partial charge in [0.1, 0.15) is 6.10 Å². The minimum atomic E-state index is -0.883. The van der Waals surface area contributed by atoms with Crippen LogP contribution in [0.25, 0.3) is 0 Å². The van der Waals surface area contributed by atoms with Crippen molar-refractivity contribution in [1.82, 2.24) is 4.90 Å². The molecule has 1 aliphatic rings. The summed E-state index contributed by atoms with van der Waals surface area (Å²) in [5, 5.41) is 9.01. The second-order valence-corrected chi connectivity index (χ2v) is 4.49. The summed E-state index contributed by atoms with van der Waals surface area (Å²) in [7, 11) is 0. The molecule has 1 aliphatic heterocycles. The molecule has 0 aliphatic carbocycles. The Bertz CT molecular complexity index is 435. The molecule has 5 nitrogen and oxygen atoms in total. The topological polar surface area (TPSA) is 59.0 Å². The van der Waals surface area contributed by atoms with Crippen molar-refractivity contribution in [1.29, 1.82) is 0 Å². The number of hydrogen-bond donors (Lipinski definition) is 1. The van der Waals surface area contributed by atoms with E-state index < -0.39 is 6.09 Å². The van der Waals surface area contributed by atoms with Crippen LogP contribution >= 0.6 is 0 Å². The Kier molecular flexibility index (Phi) is 4.49. The fraction of sp³-hybridized carbons (Fsp3) is 0.500. The van der Waals surface area contributed by atoms with Crippen LogP contribution in [0.2, 0.25) is 0 Å². The van der Waals surface area contributed by atoms with E-state index in [1.807, 2.05) is 31.2 Å². The number of ether oxygens (including phenoxy) is 2. The molecule has 0 saturated carbocycles. The third-order valence-corrected chi connectivity index (χ3v) is 3.09. The van der Waals surface area contributed by atoms with Crippen molar-refractivity contribution in [3.63, 3.8) is 0 Å². The minimum Gasteiger partial charge on any atom is -0.490 e. The molecule has 0 spiro atoms. The summed E-state index contributed by atoms with van der Waals surface area (Å²) in [5.41, 5.74) is 0. The van der Waals surface area contributed by atoms with Crippen LogP contribution in [-0.4, -0.2) is 41.9 Å². The fourth-order valence-electron chi connectivity index (χ4n) is 2.21. The average Bonchev–Trinajstić information content (AvgIpc) is 2.41. The van der Waals surface area contributed by atoms with Crippen molar-refractivity contribution in [2.45, 2.75) is 25.9 Å².